The quantitative estimate of drug-likeness (QED) is 0.665. The molecule has 2 aromatic carbocycles. The van der Waals surface area contributed by atoms with E-state index >= 15 is 0 Å². The number of likely N-dealkylation sites (tertiary alicyclic amines) is 1. The van der Waals surface area contributed by atoms with E-state index in [2.05, 4.69) is 20.4 Å². The smallest absolute Gasteiger partial charge is 0.257 e. The molecular weight excluding hydrogens is 368 g/mol. The third-order valence-corrected chi connectivity index (χ3v) is 4.89. The van der Waals surface area contributed by atoms with Crippen LogP contribution in [0.2, 0.25) is 0 Å². The minimum Gasteiger partial charge on any atom is -0.493 e. The number of carbonyl (C=O) groups excluding carboxylic acids is 1. The summed E-state index contributed by atoms with van der Waals surface area (Å²) in [6.45, 7) is 4.64. The Kier molecular flexibility index (Phi) is 5.86. The number of hydrogen-bond acceptors (Lipinski definition) is 6. The van der Waals surface area contributed by atoms with Crippen LogP contribution in [0.3, 0.4) is 0 Å². The average Bonchev–Trinajstić information content (AvgIpc) is 3.39. The molecule has 3 aromatic rings. The molecule has 0 spiro atoms. The number of nitrogens with zero attached hydrogens (tertiary/aromatic N) is 3. The van der Waals surface area contributed by atoms with Crippen molar-refractivity contribution in [2.75, 3.05) is 19.7 Å². The maximum atomic E-state index is 12.7. The van der Waals surface area contributed by atoms with E-state index in [1.165, 1.54) is 0 Å². The second kappa shape index (κ2) is 8.87. The summed E-state index contributed by atoms with van der Waals surface area (Å²) in [5.41, 5.74) is 1.48. The number of nitrogens with one attached hydrogen (secondary N) is 1. The van der Waals surface area contributed by atoms with E-state index < -0.39 is 0 Å². The Morgan fingerprint density at radius 2 is 2.00 bits per heavy atom. The van der Waals surface area contributed by atoms with Gasteiger partial charge in [-0.1, -0.05) is 35.5 Å². The number of benzene rings is 2. The van der Waals surface area contributed by atoms with Crippen LogP contribution in [0.25, 0.3) is 11.5 Å². The molecule has 1 fully saturated rings. The summed E-state index contributed by atoms with van der Waals surface area (Å²) in [6.07, 6.45) is 0.881. The standard InChI is InChI=1S/C22H24N4O3/c1-2-28-19-11-7-6-10-18(19)21(27)23-17-12-13-26(14-17)15-20-24-22(29-25-20)16-8-4-3-5-9-16/h3-11,17H,2,12-15H2,1H3,(H,23,27)/t17-/m1/s1. The van der Waals surface area contributed by atoms with Gasteiger partial charge in [-0.2, -0.15) is 4.98 Å². The van der Waals surface area contributed by atoms with Crippen LogP contribution in [-0.4, -0.2) is 46.7 Å². The second-order valence-electron chi connectivity index (χ2n) is 7.01. The molecule has 7 nitrogen and oxygen atoms in total. The molecule has 1 aliphatic heterocycles. The van der Waals surface area contributed by atoms with E-state index in [0.29, 0.717) is 36.2 Å². The molecule has 0 bridgehead atoms. The molecule has 0 aliphatic carbocycles. The Bertz CT molecular complexity index is 957. The van der Waals surface area contributed by atoms with Crippen LogP contribution in [0, 0.1) is 0 Å². The average molecular weight is 392 g/mol. The van der Waals surface area contributed by atoms with E-state index in [4.69, 9.17) is 9.26 Å². The van der Waals surface area contributed by atoms with E-state index in [-0.39, 0.29) is 11.9 Å². The van der Waals surface area contributed by atoms with Crippen molar-refractivity contribution in [3.8, 4) is 17.2 Å². The Balaban J connectivity index is 1.33. The van der Waals surface area contributed by atoms with Crippen LogP contribution in [0.5, 0.6) is 5.75 Å². The van der Waals surface area contributed by atoms with E-state index in [1.54, 1.807) is 6.07 Å². The van der Waals surface area contributed by atoms with Gasteiger partial charge in [-0.3, -0.25) is 9.69 Å². The number of ether oxygens (including phenoxy) is 1. The van der Waals surface area contributed by atoms with Crippen molar-refractivity contribution < 1.29 is 14.1 Å². The summed E-state index contributed by atoms with van der Waals surface area (Å²) in [4.78, 5) is 19.4. The Morgan fingerprint density at radius 1 is 1.21 bits per heavy atom. The van der Waals surface area contributed by atoms with Crippen LogP contribution in [-0.2, 0) is 6.54 Å². The predicted octanol–water partition coefficient (Wildman–Crippen LogP) is 3.14. The highest BCUT2D eigenvalue weighted by molar-refractivity contribution is 5.97. The van der Waals surface area contributed by atoms with Gasteiger partial charge >= 0.3 is 0 Å². The van der Waals surface area contributed by atoms with Crippen LogP contribution in [0.1, 0.15) is 29.5 Å². The summed E-state index contributed by atoms with van der Waals surface area (Å²) >= 11 is 0. The zero-order valence-corrected chi connectivity index (χ0v) is 16.4. The summed E-state index contributed by atoms with van der Waals surface area (Å²) in [5.74, 6) is 1.68. The monoisotopic (exact) mass is 392 g/mol. The van der Waals surface area contributed by atoms with Crippen LogP contribution in [0.15, 0.2) is 59.1 Å². The molecule has 0 radical (unpaired) electrons. The SMILES string of the molecule is CCOc1ccccc1C(=O)N[C@@H]1CCN(Cc2noc(-c3ccccc3)n2)C1. The van der Waals surface area contributed by atoms with Gasteiger partial charge < -0.3 is 14.6 Å². The molecule has 150 valence electrons. The van der Waals surface area contributed by atoms with Crippen molar-refractivity contribution in [1.29, 1.82) is 0 Å². The van der Waals surface area contributed by atoms with Crippen molar-refractivity contribution in [3.63, 3.8) is 0 Å². The molecular formula is C22H24N4O3. The molecule has 1 atom stereocenters. The highest BCUT2D eigenvalue weighted by Gasteiger charge is 2.26. The minimum absolute atomic E-state index is 0.0812. The number of aromatic nitrogens is 2. The zero-order chi connectivity index (χ0) is 20.1. The lowest BCUT2D eigenvalue weighted by Gasteiger charge is -2.16. The van der Waals surface area contributed by atoms with Gasteiger partial charge in [-0.25, -0.2) is 0 Å². The first-order chi connectivity index (χ1) is 14.2. The molecule has 2 heterocycles. The third kappa shape index (κ3) is 4.63. The number of amides is 1. The molecule has 1 aliphatic rings. The number of hydrogen-bond donors (Lipinski definition) is 1. The molecule has 29 heavy (non-hydrogen) atoms. The van der Waals surface area contributed by atoms with Gasteiger partial charge in [0, 0.05) is 24.7 Å². The van der Waals surface area contributed by atoms with Crippen LogP contribution < -0.4 is 10.1 Å². The third-order valence-electron chi connectivity index (χ3n) is 4.89. The first-order valence-electron chi connectivity index (χ1n) is 9.86. The molecule has 1 N–H and O–H groups in total. The Labute approximate surface area is 169 Å². The largest absolute Gasteiger partial charge is 0.493 e. The van der Waals surface area contributed by atoms with Crippen LogP contribution in [0.4, 0.5) is 0 Å². The molecule has 4 rings (SSSR count). The number of rotatable bonds is 7. The molecule has 1 amide bonds. The summed E-state index contributed by atoms with van der Waals surface area (Å²) in [5, 5.41) is 7.21. The van der Waals surface area contributed by atoms with Crippen LogP contribution >= 0.6 is 0 Å². The lowest BCUT2D eigenvalue weighted by molar-refractivity contribution is 0.0933. The fraction of sp³-hybridized carbons (Fsp3) is 0.318. The molecule has 0 saturated carbocycles. The molecule has 1 aromatic heterocycles. The van der Waals surface area contributed by atoms with Gasteiger partial charge in [0.15, 0.2) is 5.82 Å². The highest BCUT2D eigenvalue weighted by Crippen LogP contribution is 2.20. The summed E-state index contributed by atoms with van der Waals surface area (Å²) < 4.78 is 10.9. The fourth-order valence-electron chi connectivity index (χ4n) is 3.51. The predicted molar refractivity (Wildman–Crippen MR) is 108 cm³/mol. The highest BCUT2D eigenvalue weighted by atomic mass is 16.5. The normalized spacial score (nSPS) is 16.7. The van der Waals surface area contributed by atoms with E-state index in [0.717, 1.165) is 25.1 Å². The Morgan fingerprint density at radius 3 is 2.83 bits per heavy atom. The summed E-state index contributed by atoms with van der Waals surface area (Å²) in [6, 6.07) is 17.1. The van der Waals surface area contributed by atoms with E-state index in [1.807, 2.05) is 55.5 Å². The molecule has 0 unspecified atom stereocenters. The maximum Gasteiger partial charge on any atom is 0.257 e. The van der Waals surface area contributed by atoms with Gasteiger partial charge in [0.1, 0.15) is 5.75 Å². The first-order valence-corrected chi connectivity index (χ1v) is 9.86. The Hall–Kier alpha value is -3.19. The van der Waals surface area contributed by atoms with Gasteiger partial charge in [-0.15, -0.1) is 0 Å². The second-order valence-corrected chi connectivity index (χ2v) is 7.01. The van der Waals surface area contributed by atoms with Crippen molar-refractivity contribution in [2.24, 2.45) is 0 Å². The molecule has 7 heteroatoms. The van der Waals surface area contributed by atoms with Crippen molar-refractivity contribution in [2.45, 2.75) is 25.9 Å². The van der Waals surface area contributed by atoms with Gasteiger partial charge in [0.25, 0.3) is 11.8 Å². The zero-order valence-electron chi connectivity index (χ0n) is 16.4. The minimum atomic E-state index is -0.105. The van der Waals surface area contributed by atoms with Crippen molar-refractivity contribution in [3.05, 3.63) is 66.0 Å². The van der Waals surface area contributed by atoms with Crippen molar-refractivity contribution in [1.82, 2.24) is 20.4 Å². The molecule has 1 saturated heterocycles. The first kappa shape index (κ1) is 19.1. The fourth-order valence-corrected chi connectivity index (χ4v) is 3.51. The lowest BCUT2D eigenvalue weighted by Crippen LogP contribution is -2.37. The number of para-hydroxylation sites is 1. The lowest BCUT2D eigenvalue weighted by atomic mass is 10.1. The maximum absolute atomic E-state index is 12.7. The van der Waals surface area contributed by atoms with Gasteiger partial charge in [0.05, 0.1) is 18.7 Å². The topological polar surface area (TPSA) is 80.5 Å². The number of carbonyl (C=O) groups is 1. The van der Waals surface area contributed by atoms with Gasteiger partial charge in [0.2, 0.25) is 0 Å². The van der Waals surface area contributed by atoms with Gasteiger partial charge in [-0.05, 0) is 37.6 Å². The summed E-state index contributed by atoms with van der Waals surface area (Å²) in [7, 11) is 0. The van der Waals surface area contributed by atoms with Crippen molar-refractivity contribution >= 4 is 5.91 Å². The van der Waals surface area contributed by atoms with E-state index in [9.17, 15) is 4.79 Å².